The summed E-state index contributed by atoms with van der Waals surface area (Å²) in [6.45, 7) is 8.94. The van der Waals surface area contributed by atoms with Crippen LogP contribution in [0.1, 0.15) is 74.6 Å². The Bertz CT molecular complexity index is 856. The van der Waals surface area contributed by atoms with Gasteiger partial charge in [-0.05, 0) is 11.8 Å². The monoisotopic (exact) mass is 528 g/mol. The zero-order valence-corrected chi connectivity index (χ0v) is 22.9. The van der Waals surface area contributed by atoms with Crippen molar-refractivity contribution in [2.75, 3.05) is 0 Å². The second-order valence-corrected chi connectivity index (χ2v) is 7.88. The van der Waals surface area contributed by atoms with E-state index in [1.54, 1.807) is 0 Å². The van der Waals surface area contributed by atoms with E-state index in [-0.39, 0.29) is 51.0 Å². The van der Waals surface area contributed by atoms with Crippen molar-refractivity contribution in [2.24, 2.45) is 0 Å². The molecule has 0 fully saturated rings. The first-order valence-electron chi connectivity index (χ1n) is 10.3. The fourth-order valence-corrected chi connectivity index (χ4v) is 3.67. The van der Waals surface area contributed by atoms with Gasteiger partial charge < -0.3 is 0 Å². The molecule has 2 aromatic carbocycles. The minimum Gasteiger partial charge on any atom is -0.197 e. The van der Waals surface area contributed by atoms with Crippen molar-refractivity contribution in [1.82, 2.24) is 0 Å². The van der Waals surface area contributed by atoms with Gasteiger partial charge in [0.25, 0.3) is 0 Å². The van der Waals surface area contributed by atoms with Crippen molar-refractivity contribution < 1.29 is 26.2 Å². The predicted octanol–water partition coefficient (Wildman–Crippen LogP) is 8.75. The molecule has 0 saturated carbocycles. The van der Waals surface area contributed by atoms with Gasteiger partial charge in [0.1, 0.15) is 0 Å². The average molecular weight is 531 g/mol. The van der Waals surface area contributed by atoms with Crippen molar-refractivity contribution in [2.45, 2.75) is 52.4 Å². The van der Waals surface area contributed by atoms with Gasteiger partial charge in [-0.2, -0.15) is 35.5 Å². The summed E-state index contributed by atoms with van der Waals surface area (Å²) in [6, 6.07) is 17.2. The third-order valence-electron chi connectivity index (χ3n) is 5.14. The molecule has 2 aliphatic carbocycles. The maximum Gasteiger partial charge on any atom is 2.00 e. The van der Waals surface area contributed by atoms with Crippen LogP contribution in [0.15, 0.2) is 72.8 Å². The van der Waals surface area contributed by atoms with Crippen molar-refractivity contribution in [1.29, 1.82) is 0 Å². The third kappa shape index (κ3) is 8.05. The molecule has 0 bridgehead atoms. The molecular weight excluding hydrogens is 498 g/mol. The number of benzene rings is 2. The molecule has 3 heteroatoms. The van der Waals surface area contributed by atoms with Gasteiger partial charge >= 0.3 is 26.2 Å². The first-order valence-corrected chi connectivity index (χ1v) is 10.3. The van der Waals surface area contributed by atoms with Crippen LogP contribution >= 0.6 is 24.8 Å². The summed E-state index contributed by atoms with van der Waals surface area (Å²) < 4.78 is 0. The largest absolute Gasteiger partial charge is 2.00 e. The molecule has 0 nitrogen and oxygen atoms in total. The van der Waals surface area contributed by atoms with Gasteiger partial charge in [0.15, 0.2) is 0 Å². The number of rotatable bonds is 4. The topological polar surface area (TPSA) is 0 Å². The normalized spacial score (nSPS) is 13.5. The molecule has 4 rings (SSSR count). The first kappa shape index (κ1) is 29.9. The van der Waals surface area contributed by atoms with Crippen LogP contribution in [0.2, 0.25) is 0 Å². The summed E-state index contributed by atoms with van der Waals surface area (Å²) in [4.78, 5) is 0. The quantitative estimate of drug-likeness (QED) is 0.347. The Morgan fingerprint density at radius 2 is 0.968 bits per heavy atom. The summed E-state index contributed by atoms with van der Waals surface area (Å²) in [5, 5.41) is 0. The van der Waals surface area contributed by atoms with Gasteiger partial charge in [-0.15, -0.1) is 60.2 Å². The van der Waals surface area contributed by atoms with Gasteiger partial charge in [0.05, 0.1) is 0 Å². The molecule has 0 amide bonds. The van der Waals surface area contributed by atoms with E-state index in [2.05, 4.69) is 113 Å². The molecule has 162 valence electrons. The minimum atomic E-state index is 0. The van der Waals surface area contributed by atoms with Crippen LogP contribution in [0.25, 0.3) is 11.1 Å². The number of allylic oxidation sites excluding steroid dienone is 8. The van der Waals surface area contributed by atoms with Crippen LogP contribution in [0.3, 0.4) is 0 Å². The van der Waals surface area contributed by atoms with E-state index in [1.165, 1.54) is 33.4 Å². The van der Waals surface area contributed by atoms with Gasteiger partial charge in [0.2, 0.25) is 0 Å². The molecule has 0 aromatic heterocycles. The molecule has 0 atom stereocenters. The van der Waals surface area contributed by atoms with Gasteiger partial charge in [-0.25, -0.2) is 0 Å². The number of hydrogen-bond acceptors (Lipinski definition) is 0. The molecule has 2 aromatic rings. The van der Waals surface area contributed by atoms with E-state index in [0.29, 0.717) is 11.8 Å². The Labute approximate surface area is 220 Å². The molecule has 0 N–H and O–H groups in total. The van der Waals surface area contributed by atoms with Crippen LogP contribution < -0.4 is 0 Å². The van der Waals surface area contributed by atoms with Crippen LogP contribution in [0, 0.1) is 12.2 Å². The Hall–Kier alpha value is -1.14. The standard InChI is InChI=1S/2C14H15.2ClH.Zr/c2*1-11(2)13-9-5-6-10-14(13)12-7-3-4-8-12;;;/h2*3,5-7,9-11H,4H2,1-2H3;2*1H;/q2*-1;;;+2. The minimum absolute atomic E-state index is 0. The zero-order valence-electron chi connectivity index (χ0n) is 18.8. The van der Waals surface area contributed by atoms with Gasteiger partial charge in [-0.3, -0.25) is 0 Å². The van der Waals surface area contributed by atoms with E-state index >= 15 is 0 Å². The average Bonchev–Trinajstić information content (AvgIpc) is 3.42. The van der Waals surface area contributed by atoms with E-state index < -0.39 is 0 Å². The maximum atomic E-state index is 3.37. The van der Waals surface area contributed by atoms with Crippen molar-refractivity contribution in [3.63, 3.8) is 0 Å². The van der Waals surface area contributed by atoms with E-state index in [1.807, 2.05) is 0 Å². The summed E-state index contributed by atoms with van der Waals surface area (Å²) in [5.41, 5.74) is 8.04. The zero-order chi connectivity index (χ0) is 19.9. The molecule has 2 aliphatic rings. The second-order valence-electron chi connectivity index (χ2n) is 7.88. The van der Waals surface area contributed by atoms with Gasteiger partial charge in [0, 0.05) is 0 Å². The van der Waals surface area contributed by atoms with Crippen molar-refractivity contribution >= 4 is 36.0 Å². The summed E-state index contributed by atoms with van der Waals surface area (Å²) in [5.74, 6) is 1.16. The molecule has 0 aliphatic heterocycles. The molecular formula is C28H32Cl2Zr. The Morgan fingerprint density at radius 1 is 0.613 bits per heavy atom. The Morgan fingerprint density at radius 3 is 1.26 bits per heavy atom. The number of halogens is 2. The van der Waals surface area contributed by atoms with Crippen LogP contribution in [-0.2, 0) is 26.2 Å². The van der Waals surface area contributed by atoms with Crippen LogP contribution in [0.4, 0.5) is 0 Å². The predicted molar refractivity (Wildman–Crippen MR) is 136 cm³/mol. The fourth-order valence-electron chi connectivity index (χ4n) is 3.67. The third-order valence-corrected chi connectivity index (χ3v) is 5.14. The molecule has 31 heavy (non-hydrogen) atoms. The Kier molecular flexibility index (Phi) is 14.3. The molecule has 0 unspecified atom stereocenters. The Balaban J connectivity index is 0.000000529. The van der Waals surface area contributed by atoms with E-state index in [0.717, 1.165) is 12.8 Å². The first-order chi connectivity index (χ1) is 13.6. The molecule has 0 radical (unpaired) electrons. The van der Waals surface area contributed by atoms with Crippen LogP contribution in [-0.4, -0.2) is 0 Å². The number of hydrogen-bond donors (Lipinski definition) is 0. The second kappa shape index (κ2) is 14.8. The van der Waals surface area contributed by atoms with E-state index in [9.17, 15) is 0 Å². The van der Waals surface area contributed by atoms with Crippen LogP contribution in [0.5, 0.6) is 0 Å². The van der Waals surface area contributed by atoms with Gasteiger partial charge in [-0.1, -0.05) is 88.1 Å². The molecule has 0 saturated heterocycles. The van der Waals surface area contributed by atoms with Crippen molar-refractivity contribution in [3.8, 4) is 0 Å². The van der Waals surface area contributed by atoms with Crippen molar-refractivity contribution in [3.05, 3.63) is 107 Å². The smallest absolute Gasteiger partial charge is 0.197 e. The maximum absolute atomic E-state index is 3.37. The summed E-state index contributed by atoms with van der Waals surface area (Å²) >= 11 is 0. The molecule has 0 heterocycles. The fraction of sp³-hybridized carbons (Fsp3) is 0.286. The summed E-state index contributed by atoms with van der Waals surface area (Å²) in [7, 11) is 0. The molecule has 0 spiro atoms. The SMILES string of the molecule is CC(C)c1ccccc1C1=[C-]CC=C1.CC(C)c1ccccc1C1=[C-]CC=C1.Cl.Cl.[Zr+2]. The summed E-state index contributed by atoms with van der Waals surface area (Å²) in [6.07, 6.45) is 17.3. The van der Waals surface area contributed by atoms with E-state index in [4.69, 9.17) is 0 Å².